The van der Waals surface area contributed by atoms with Crippen molar-refractivity contribution in [1.29, 1.82) is 0 Å². The molecule has 2 fully saturated rings. The third kappa shape index (κ3) is 8.34. The molecule has 0 radical (unpaired) electrons. The first-order valence-electron chi connectivity index (χ1n) is 20.9. The van der Waals surface area contributed by atoms with Gasteiger partial charge in [0.15, 0.2) is 11.5 Å². The fraction of sp³-hybridized carbons (Fsp3) is 0.216. The maximum atomic E-state index is 13.2. The van der Waals surface area contributed by atoms with Crippen LogP contribution in [0.3, 0.4) is 0 Å². The summed E-state index contributed by atoms with van der Waals surface area (Å²) in [5.41, 5.74) is 9.78. The van der Waals surface area contributed by atoms with Crippen molar-refractivity contribution in [2.24, 2.45) is 0 Å². The van der Waals surface area contributed by atoms with Crippen LogP contribution in [0.25, 0.3) is 44.3 Å². The highest BCUT2D eigenvalue weighted by molar-refractivity contribution is 5.96. The SMILES string of the molecule is COc1ccc(-c2ccc(C(=O)N3CCC(c4nc5ccccc5[nH]4)CC3)cc2)cc1OC.O=C(c1ccc(-c2ccccc2)cc1)N1CCC[C@H]1c1nc2ccccc2[nH]1. The van der Waals surface area contributed by atoms with Crippen molar-refractivity contribution in [3.63, 3.8) is 0 Å². The number of carbonyl (C=O) groups excluding carboxylic acids is 2. The first kappa shape index (κ1) is 39.3. The molecule has 61 heavy (non-hydrogen) atoms. The molecule has 2 aliphatic rings. The molecule has 2 amide bonds. The van der Waals surface area contributed by atoms with Crippen LogP contribution < -0.4 is 9.47 Å². The van der Waals surface area contributed by atoms with Gasteiger partial charge in [0.1, 0.15) is 11.6 Å². The van der Waals surface area contributed by atoms with E-state index < -0.39 is 0 Å². The van der Waals surface area contributed by atoms with Crippen LogP contribution in [0.1, 0.15) is 70.0 Å². The van der Waals surface area contributed by atoms with Crippen LogP contribution in [0, 0.1) is 0 Å². The molecule has 0 unspecified atom stereocenters. The molecule has 10 nitrogen and oxygen atoms in total. The Hall–Kier alpha value is -7.20. The summed E-state index contributed by atoms with van der Waals surface area (Å²) in [6.45, 7) is 2.23. The summed E-state index contributed by atoms with van der Waals surface area (Å²) in [4.78, 5) is 46.5. The number of para-hydroxylation sites is 4. The number of likely N-dealkylation sites (tertiary alicyclic amines) is 2. The molecule has 10 rings (SSSR count). The minimum Gasteiger partial charge on any atom is -0.493 e. The number of imidazole rings is 2. The highest BCUT2D eigenvalue weighted by Crippen LogP contribution is 2.35. The van der Waals surface area contributed by atoms with Gasteiger partial charge in [-0.3, -0.25) is 9.59 Å². The van der Waals surface area contributed by atoms with Crippen molar-refractivity contribution in [1.82, 2.24) is 29.7 Å². The number of H-pyrrole nitrogens is 2. The van der Waals surface area contributed by atoms with Gasteiger partial charge < -0.3 is 29.2 Å². The number of hydrogen-bond donors (Lipinski definition) is 2. The minimum absolute atomic E-state index is 0.00806. The Morgan fingerprint density at radius 3 is 1.69 bits per heavy atom. The van der Waals surface area contributed by atoms with Crippen LogP contribution >= 0.6 is 0 Å². The van der Waals surface area contributed by atoms with Crippen LogP contribution in [0.5, 0.6) is 11.5 Å². The molecule has 0 spiro atoms. The lowest BCUT2D eigenvalue weighted by Gasteiger charge is -2.31. The van der Waals surface area contributed by atoms with E-state index in [1.165, 1.54) is 0 Å². The zero-order valence-electron chi connectivity index (χ0n) is 34.4. The van der Waals surface area contributed by atoms with Gasteiger partial charge >= 0.3 is 0 Å². The fourth-order valence-corrected chi connectivity index (χ4v) is 8.55. The third-order valence-electron chi connectivity index (χ3n) is 11.9. The molecule has 6 aromatic carbocycles. The molecule has 0 bridgehead atoms. The number of aromatic amines is 2. The number of rotatable bonds is 8. The maximum Gasteiger partial charge on any atom is 0.254 e. The summed E-state index contributed by atoms with van der Waals surface area (Å²) >= 11 is 0. The lowest BCUT2D eigenvalue weighted by molar-refractivity contribution is 0.0709. The van der Waals surface area contributed by atoms with E-state index in [0.29, 0.717) is 23.0 Å². The van der Waals surface area contributed by atoms with Gasteiger partial charge in [0.2, 0.25) is 0 Å². The van der Waals surface area contributed by atoms with E-state index in [1.807, 2.05) is 137 Å². The van der Waals surface area contributed by atoms with Gasteiger partial charge in [-0.2, -0.15) is 0 Å². The standard InChI is InChI=1S/C27H27N3O3.C24H21N3O/c1-32-24-12-11-21(17-25(24)33-2)18-7-9-20(10-8-18)27(31)30-15-13-19(14-16-30)26-28-22-5-3-4-6-23(22)29-26;28-24(19-14-12-18(13-15-19)17-7-2-1-3-8-17)27-16-6-11-22(27)23-25-20-9-4-5-10-21(20)26-23/h3-12,17,19H,13-16H2,1-2H3,(H,28,29);1-5,7-10,12-15,22H,6,11,16H2,(H,25,26)/t;22-/m.0/s1. The van der Waals surface area contributed by atoms with Crippen molar-refractivity contribution in [2.45, 2.75) is 37.6 Å². The van der Waals surface area contributed by atoms with Gasteiger partial charge in [0.25, 0.3) is 11.8 Å². The van der Waals surface area contributed by atoms with Gasteiger partial charge in [-0.05, 0) is 109 Å². The number of piperidine rings is 1. The molecule has 306 valence electrons. The summed E-state index contributed by atoms with van der Waals surface area (Å²) in [6.07, 6.45) is 3.76. The van der Waals surface area contributed by atoms with Crippen molar-refractivity contribution in [3.8, 4) is 33.8 Å². The topological polar surface area (TPSA) is 116 Å². The second kappa shape index (κ2) is 17.6. The smallest absolute Gasteiger partial charge is 0.254 e. The molecule has 0 saturated carbocycles. The van der Waals surface area contributed by atoms with Gasteiger partial charge in [0, 0.05) is 36.7 Å². The van der Waals surface area contributed by atoms with E-state index in [4.69, 9.17) is 19.4 Å². The van der Waals surface area contributed by atoms with E-state index in [0.717, 1.165) is 107 Å². The Labute approximate surface area is 355 Å². The molecule has 2 saturated heterocycles. The maximum absolute atomic E-state index is 13.2. The summed E-state index contributed by atoms with van der Waals surface area (Å²) in [5, 5.41) is 0. The number of benzene rings is 6. The van der Waals surface area contributed by atoms with Crippen LogP contribution in [-0.4, -0.2) is 75.4 Å². The molecule has 2 N–H and O–H groups in total. The summed E-state index contributed by atoms with van der Waals surface area (Å²) in [7, 11) is 3.25. The molecule has 2 aromatic heterocycles. The number of hydrogen-bond acceptors (Lipinski definition) is 6. The van der Waals surface area contributed by atoms with E-state index in [2.05, 4.69) is 28.2 Å². The predicted molar refractivity (Wildman–Crippen MR) is 240 cm³/mol. The summed E-state index contributed by atoms with van der Waals surface area (Å²) in [5.74, 6) is 3.80. The number of nitrogens with zero attached hydrogens (tertiary/aromatic N) is 4. The highest BCUT2D eigenvalue weighted by Gasteiger charge is 2.33. The lowest BCUT2D eigenvalue weighted by Crippen LogP contribution is -2.38. The van der Waals surface area contributed by atoms with Crippen molar-refractivity contribution in [2.75, 3.05) is 33.9 Å². The van der Waals surface area contributed by atoms with E-state index in [9.17, 15) is 9.59 Å². The Balaban J connectivity index is 0.000000158. The van der Waals surface area contributed by atoms with Gasteiger partial charge in [-0.1, -0.05) is 84.9 Å². The van der Waals surface area contributed by atoms with Gasteiger partial charge in [-0.15, -0.1) is 0 Å². The average Bonchev–Trinajstić information content (AvgIpc) is 4.11. The second-order valence-corrected chi connectivity index (χ2v) is 15.6. The van der Waals surface area contributed by atoms with Crippen molar-refractivity contribution in [3.05, 3.63) is 168 Å². The number of nitrogens with one attached hydrogen (secondary N) is 2. The molecule has 4 heterocycles. The molecule has 1 atom stereocenters. The number of amides is 2. The first-order valence-corrected chi connectivity index (χ1v) is 20.9. The van der Waals surface area contributed by atoms with Crippen LogP contribution in [0.15, 0.2) is 146 Å². The molecular weight excluding hydrogens is 761 g/mol. The Bertz CT molecular complexity index is 2710. The zero-order valence-corrected chi connectivity index (χ0v) is 34.4. The average molecular weight is 809 g/mol. The Morgan fingerprint density at radius 2 is 1.07 bits per heavy atom. The summed E-state index contributed by atoms with van der Waals surface area (Å²) in [6, 6.07) is 47.8. The van der Waals surface area contributed by atoms with Crippen molar-refractivity contribution < 1.29 is 19.1 Å². The minimum atomic E-state index is 0.00806. The van der Waals surface area contributed by atoms with Gasteiger partial charge in [-0.25, -0.2) is 9.97 Å². The fourth-order valence-electron chi connectivity index (χ4n) is 8.55. The quantitative estimate of drug-likeness (QED) is 0.158. The number of methoxy groups -OCH3 is 2. The second-order valence-electron chi connectivity index (χ2n) is 15.6. The van der Waals surface area contributed by atoms with Crippen LogP contribution in [-0.2, 0) is 0 Å². The Kier molecular flexibility index (Phi) is 11.3. The Morgan fingerprint density at radius 1 is 0.541 bits per heavy atom. The van der Waals surface area contributed by atoms with E-state index >= 15 is 0 Å². The number of fused-ring (bicyclic) bond motifs is 2. The molecular formula is C51H48N6O4. The van der Waals surface area contributed by atoms with E-state index in [1.54, 1.807) is 14.2 Å². The van der Waals surface area contributed by atoms with Crippen molar-refractivity contribution >= 4 is 33.9 Å². The normalized spacial score (nSPS) is 15.4. The number of aromatic nitrogens is 4. The first-order chi connectivity index (χ1) is 29.9. The highest BCUT2D eigenvalue weighted by atomic mass is 16.5. The molecule has 0 aliphatic carbocycles. The van der Waals surface area contributed by atoms with E-state index in [-0.39, 0.29) is 17.9 Å². The monoisotopic (exact) mass is 808 g/mol. The molecule has 10 heteroatoms. The number of carbonyl (C=O) groups is 2. The zero-order chi connectivity index (χ0) is 41.7. The van der Waals surface area contributed by atoms with Crippen LogP contribution in [0.4, 0.5) is 0 Å². The van der Waals surface area contributed by atoms with Gasteiger partial charge in [0.05, 0.1) is 42.3 Å². The predicted octanol–water partition coefficient (Wildman–Crippen LogP) is 10.5. The largest absolute Gasteiger partial charge is 0.493 e. The summed E-state index contributed by atoms with van der Waals surface area (Å²) < 4.78 is 10.7. The molecule has 2 aliphatic heterocycles. The molecule has 8 aromatic rings. The lowest BCUT2D eigenvalue weighted by atomic mass is 9.95. The number of ether oxygens (including phenoxy) is 2. The third-order valence-corrected chi connectivity index (χ3v) is 11.9. The van der Waals surface area contributed by atoms with Crippen LogP contribution in [0.2, 0.25) is 0 Å².